The first-order valence-corrected chi connectivity index (χ1v) is 11.7. The first-order chi connectivity index (χ1) is 13.8. The number of unbranched alkanes of at least 4 members (excludes halogenated alkanes) is 3. The van der Waals surface area contributed by atoms with E-state index in [4.69, 9.17) is 10.7 Å². The van der Waals surface area contributed by atoms with Gasteiger partial charge in [-0.05, 0) is 53.6 Å². The lowest BCUT2D eigenvalue weighted by Crippen LogP contribution is -2.01. The minimum absolute atomic E-state index is 0.788. The first kappa shape index (κ1) is 17.7. The van der Waals surface area contributed by atoms with Crippen molar-refractivity contribution in [2.24, 2.45) is 0 Å². The molecule has 0 aliphatic heterocycles. The molecule has 28 heavy (non-hydrogen) atoms. The largest absolute Gasteiger partial charge is 0.399 e. The second kappa shape index (κ2) is 7.22. The Balaban J connectivity index is 1.79. The van der Waals surface area contributed by atoms with Crippen LogP contribution in [-0.2, 0) is 6.54 Å². The highest BCUT2D eigenvalue weighted by atomic mass is 32.1. The molecule has 5 rings (SSSR count). The van der Waals surface area contributed by atoms with Crippen LogP contribution in [0, 0.1) is 0 Å². The molecule has 0 amide bonds. The molecule has 0 aliphatic carbocycles. The lowest BCUT2D eigenvalue weighted by atomic mass is 10.1. The lowest BCUT2D eigenvalue weighted by Gasteiger charge is -2.10. The van der Waals surface area contributed by atoms with Gasteiger partial charge in [-0.15, -0.1) is 22.7 Å². The molecule has 142 valence electrons. The van der Waals surface area contributed by atoms with Gasteiger partial charge in [-0.2, -0.15) is 0 Å². The highest BCUT2D eigenvalue weighted by molar-refractivity contribution is 7.20. The van der Waals surface area contributed by atoms with E-state index in [2.05, 4.69) is 46.5 Å². The van der Waals surface area contributed by atoms with Gasteiger partial charge >= 0.3 is 0 Å². The number of benzene rings is 2. The number of thiophene rings is 2. The molecule has 0 aliphatic rings. The Morgan fingerprint density at radius 3 is 2.36 bits per heavy atom. The highest BCUT2D eigenvalue weighted by Crippen LogP contribution is 2.42. The van der Waals surface area contributed by atoms with Crippen molar-refractivity contribution >= 4 is 59.6 Å². The van der Waals surface area contributed by atoms with Crippen molar-refractivity contribution in [3.8, 4) is 11.4 Å². The molecule has 0 radical (unpaired) electrons. The second-order valence-corrected chi connectivity index (χ2v) is 9.13. The van der Waals surface area contributed by atoms with E-state index in [0.29, 0.717) is 0 Å². The summed E-state index contributed by atoms with van der Waals surface area (Å²) in [5.74, 6) is 1.06. The van der Waals surface area contributed by atoms with Gasteiger partial charge in [0.25, 0.3) is 0 Å². The van der Waals surface area contributed by atoms with Crippen LogP contribution in [0.1, 0.15) is 32.6 Å². The summed E-state index contributed by atoms with van der Waals surface area (Å²) in [5.41, 5.74) is 10.3. The Bertz CT molecular complexity index is 1260. The predicted octanol–water partition coefficient (Wildman–Crippen LogP) is 7.30. The standard InChI is InChI=1S/C23H23N3S2/c1-2-3-4-5-12-26-20-19(25-23(26)15-6-8-16(24)9-7-15)21-17(10-13-27-21)18-11-14-28-22(18)20/h6-11,13-14H,2-5,12,24H2,1H3. The quantitative estimate of drug-likeness (QED) is 0.238. The lowest BCUT2D eigenvalue weighted by molar-refractivity contribution is 0.595. The highest BCUT2D eigenvalue weighted by Gasteiger charge is 2.20. The topological polar surface area (TPSA) is 43.8 Å². The number of fused-ring (bicyclic) bond motifs is 6. The molecule has 3 heterocycles. The minimum Gasteiger partial charge on any atom is -0.399 e. The molecule has 3 nitrogen and oxygen atoms in total. The van der Waals surface area contributed by atoms with E-state index in [0.717, 1.165) is 29.1 Å². The van der Waals surface area contributed by atoms with E-state index >= 15 is 0 Å². The SMILES string of the molecule is CCCCCCn1c(-c2ccc(N)cc2)nc2c3sccc3c3ccsc3c21. The molecule has 0 fully saturated rings. The van der Waals surface area contributed by atoms with E-state index in [1.807, 2.05) is 23.5 Å². The molecular formula is C23H23N3S2. The molecule has 5 aromatic rings. The number of nitrogen functional groups attached to an aromatic ring is 1. The Hall–Kier alpha value is -2.37. The molecule has 3 aromatic heterocycles. The summed E-state index contributed by atoms with van der Waals surface area (Å²) in [6.07, 6.45) is 4.97. The summed E-state index contributed by atoms with van der Waals surface area (Å²) in [7, 11) is 0. The van der Waals surface area contributed by atoms with Crippen LogP contribution >= 0.6 is 22.7 Å². The molecule has 0 atom stereocenters. The zero-order valence-electron chi connectivity index (χ0n) is 15.9. The smallest absolute Gasteiger partial charge is 0.141 e. The molecule has 0 saturated heterocycles. The van der Waals surface area contributed by atoms with Gasteiger partial charge in [0, 0.05) is 28.6 Å². The van der Waals surface area contributed by atoms with Crippen molar-refractivity contribution in [2.75, 3.05) is 5.73 Å². The first-order valence-electron chi connectivity index (χ1n) is 9.90. The Kier molecular flexibility index (Phi) is 4.57. The van der Waals surface area contributed by atoms with E-state index in [1.54, 1.807) is 11.3 Å². The van der Waals surface area contributed by atoms with Gasteiger partial charge in [0.1, 0.15) is 11.3 Å². The number of aromatic nitrogens is 2. The maximum Gasteiger partial charge on any atom is 0.141 e. The summed E-state index contributed by atoms with van der Waals surface area (Å²) in [6.45, 7) is 3.26. The zero-order valence-corrected chi connectivity index (χ0v) is 17.6. The number of anilines is 1. The van der Waals surface area contributed by atoms with Crippen LogP contribution in [0.5, 0.6) is 0 Å². The third-order valence-corrected chi connectivity index (χ3v) is 7.26. The number of imidazole rings is 1. The fourth-order valence-corrected chi connectivity index (χ4v) is 5.88. The van der Waals surface area contributed by atoms with Gasteiger partial charge < -0.3 is 10.3 Å². The van der Waals surface area contributed by atoms with Crippen molar-refractivity contribution in [1.29, 1.82) is 0 Å². The monoisotopic (exact) mass is 405 g/mol. The van der Waals surface area contributed by atoms with E-state index in [1.165, 1.54) is 51.4 Å². The van der Waals surface area contributed by atoms with Crippen LogP contribution in [-0.4, -0.2) is 9.55 Å². The third-order valence-electron chi connectivity index (χ3n) is 5.42. The van der Waals surface area contributed by atoms with Crippen molar-refractivity contribution in [3.63, 3.8) is 0 Å². The average molecular weight is 406 g/mol. The Labute approximate surface area is 172 Å². The molecular weight excluding hydrogens is 382 g/mol. The molecule has 5 heteroatoms. The van der Waals surface area contributed by atoms with E-state index in [-0.39, 0.29) is 0 Å². The predicted molar refractivity (Wildman–Crippen MR) is 124 cm³/mol. The fraction of sp³-hybridized carbons (Fsp3) is 0.261. The molecule has 0 bridgehead atoms. The van der Waals surface area contributed by atoms with Gasteiger partial charge in [0.2, 0.25) is 0 Å². The second-order valence-electron chi connectivity index (χ2n) is 7.29. The van der Waals surface area contributed by atoms with Crippen LogP contribution in [0.4, 0.5) is 5.69 Å². The molecule has 2 N–H and O–H groups in total. The van der Waals surface area contributed by atoms with E-state index < -0.39 is 0 Å². The summed E-state index contributed by atoms with van der Waals surface area (Å²) in [6, 6.07) is 12.6. The average Bonchev–Trinajstić information content (AvgIpc) is 3.42. The van der Waals surface area contributed by atoms with Gasteiger partial charge in [-0.25, -0.2) is 4.98 Å². The van der Waals surface area contributed by atoms with Gasteiger partial charge in [0.05, 0.1) is 14.9 Å². The molecule has 0 spiro atoms. The maximum atomic E-state index is 5.93. The number of hydrogen-bond donors (Lipinski definition) is 1. The molecule has 0 saturated carbocycles. The Morgan fingerprint density at radius 1 is 0.893 bits per heavy atom. The van der Waals surface area contributed by atoms with Crippen molar-refractivity contribution in [3.05, 3.63) is 47.2 Å². The molecule has 2 aromatic carbocycles. The summed E-state index contributed by atoms with van der Waals surface area (Å²) in [4.78, 5) is 5.18. The summed E-state index contributed by atoms with van der Waals surface area (Å²) >= 11 is 3.62. The van der Waals surface area contributed by atoms with Gasteiger partial charge in [-0.3, -0.25) is 0 Å². The number of rotatable bonds is 6. The van der Waals surface area contributed by atoms with Crippen LogP contribution in [0.3, 0.4) is 0 Å². The number of nitrogens with two attached hydrogens (primary N) is 1. The van der Waals surface area contributed by atoms with Gasteiger partial charge in [-0.1, -0.05) is 26.2 Å². The van der Waals surface area contributed by atoms with Crippen LogP contribution in [0.2, 0.25) is 0 Å². The summed E-state index contributed by atoms with van der Waals surface area (Å²) in [5, 5.41) is 7.07. The molecule has 0 unspecified atom stereocenters. The third kappa shape index (κ3) is 2.81. The van der Waals surface area contributed by atoms with Crippen LogP contribution in [0.25, 0.3) is 42.6 Å². The number of nitrogens with zero attached hydrogens (tertiary/aromatic N) is 2. The van der Waals surface area contributed by atoms with Crippen molar-refractivity contribution in [1.82, 2.24) is 9.55 Å². The zero-order chi connectivity index (χ0) is 19.1. The maximum absolute atomic E-state index is 5.93. The number of hydrogen-bond acceptors (Lipinski definition) is 4. The van der Waals surface area contributed by atoms with Crippen molar-refractivity contribution in [2.45, 2.75) is 39.2 Å². The normalized spacial score (nSPS) is 11.9. The van der Waals surface area contributed by atoms with Crippen LogP contribution in [0.15, 0.2) is 47.2 Å². The number of aryl methyl sites for hydroxylation is 1. The fourth-order valence-electron chi connectivity index (χ4n) is 4.02. The van der Waals surface area contributed by atoms with Crippen LogP contribution < -0.4 is 5.73 Å². The Morgan fingerprint density at radius 2 is 1.61 bits per heavy atom. The van der Waals surface area contributed by atoms with Gasteiger partial charge in [0.15, 0.2) is 0 Å². The van der Waals surface area contributed by atoms with E-state index in [9.17, 15) is 0 Å². The summed E-state index contributed by atoms with van der Waals surface area (Å²) < 4.78 is 5.10. The minimum atomic E-state index is 0.788. The van der Waals surface area contributed by atoms with Crippen molar-refractivity contribution < 1.29 is 0 Å².